The van der Waals surface area contributed by atoms with E-state index < -0.39 is 0 Å². The molecule has 0 aliphatic rings. The first-order valence-corrected chi connectivity index (χ1v) is 9.09. The van der Waals surface area contributed by atoms with Gasteiger partial charge in [0.05, 0.1) is 11.4 Å². The Labute approximate surface area is 161 Å². The quantitative estimate of drug-likeness (QED) is 0.485. The maximum absolute atomic E-state index is 4.87. The van der Waals surface area contributed by atoms with Gasteiger partial charge in [-0.1, -0.05) is 78.4 Å². The van der Waals surface area contributed by atoms with Gasteiger partial charge in [0.25, 0.3) is 0 Å². The number of benzene rings is 2. The van der Waals surface area contributed by atoms with E-state index >= 15 is 0 Å². The van der Waals surface area contributed by atoms with Gasteiger partial charge < -0.3 is 0 Å². The van der Waals surface area contributed by atoms with Gasteiger partial charge in [0, 0.05) is 11.1 Å². The van der Waals surface area contributed by atoms with Crippen LogP contribution in [0.15, 0.2) is 85.5 Å². The zero-order chi connectivity index (χ0) is 19.2. The van der Waals surface area contributed by atoms with E-state index in [2.05, 4.69) is 56.8 Å². The first-order chi connectivity index (χ1) is 13.1. The number of aryl methyl sites for hydroxylation is 2. The molecule has 1 heterocycles. The van der Waals surface area contributed by atoms with E-state index in [9.17, 15) is 0 Å². The van der Waals surface area contributed by atoms with Crippen LogP contribution < -0.4 is 0 Å². The van der Waals surface area contributed by atoms with Crippen molar-refractivity contribution in [1.82, 2.24) is 9.97 Å². The van der Waals surface area contributed by atoms with Crippen LogP contribution >= 0.6 is 0 Å². The van der Waals surface area contributed by atoms with Gasteiger partial charge in [-0.2, -0.15) is 0 Å². The third kappa shape index (κ3) is 4.48. The van der Waals surface area contributed by atoms with Crippen LogP contribution in [-0.4, -0.2) is 9.97 Å². The van der Waals surface area contributed by atoms with E-state index in [-0.39, 0.29) is 0 Å². The highest BCUT2D eigenvalue weighted by atomic mass is 14.9. The average Bonchev–Trinajstić information content (AvgIpc) is 2.68. The van der Waals surface area contributed by atoms with Crippen molar-refractivity contribution in [3.63, 3.8) is 0 Å². The van der Waals surface area contributed by atoms with Crippen molar-refractivity contribution in [3.05, 3.63) is 102 Å². The molecule has 0 aliphatic carbocycles. The van der Waals surface area contributed by atoms with Gasteiger partial charge in [0.1, 0.15) is 0 Å². The molecule has 0 fully saturated rings. The van der Waals surface area contributed by atoms with E-state index in [1.54, 1.807) is 6.08 Å². The SMILES string of the molecule is C=C/C=C\C(=C/C)c1cc(-c2ccccc2)nc(-c2cc(C)cc(C)c2)n1. The minimum Gasteiger partial charge on any atom is -0.228 e. The Balaban J connectivity index is 2.22. The molecule has 0 atom stereocenters. The molecule has 0 spiro atoms. The highest BCUT2D eigenvalue weighted by Gasteiger charge is 2.11. The first-order valence-electron chi connectivity index (χ1n) is 9.09. The Morgan fingerprint density at radius 3 is 2.22 bits per heavy atom. The molecule has 3 aromatic rings. The van der Waals surface area contributed by atoms with Crippen molar-refractivity contribution >= 4 is 5.57 Å². The van der Waals surface area contributed by atoms with E-state index in [1.165, 1.54) is 11.1 Å². The highest BCUT2D eigenvalue weighted by Crippen LogP contribution is 2.27. The molecule has 1 aromatic heterocycles. The zero-order valence-corrected chi connectivity index (χ0v) is 16.1. The Morgan fingerprint density at radius 1 is 0.889 bits per heavy atom. The Kier molecular flexibility index (Phi) is 5.77. The molecule has 2 aromatic carbocycles. The monoisotopic (exact) mass is 352 g/mol. The van der Waals surface area contributed by atoms with Gasteiger partial charge >= 0.3 is 0 Å². The molecule has 0 bridgehead atoms. The summed E-state index contributed by atoms with van der Waals surface area (Å²) < 4.78 is 0. The van der Waals surface area contributed by atoms with Crippen LogP contribution in [0.25, 0.3) is 28.2 Å². The molecule has 2 heteroatoms. The van der Waals surface area contributed by atoms with Gasteiger partial charge in [-0.05, 0) is 44.5 Å². The number of nitrogens with zero attached hydrogens (tertiary/aromatic N) is 2. The van der Waals surface area contributed by atoms with Crippen LogP contribution in [0, 0.1) is 13.8 Å². The molecule has 0 N–H and O–H groups in total. The number of hydrogen-bond donors (Lipinski definition) is 0. The van der Waals surface area contributed by atoms with Gasteiger partial charge in [-0.15, -0.1) is 0 Å². The zero-order valence-electron chi connectivity index (χ0n) is 16.1. The lowest BCUT2D eigenvalue weighted by atomic mass is 10.0. The average molecular weight is 352 g/mol. The first kappa shape index (κ1) is 18.5. The van der Waals surface area contributed by atoms with Crippen LogP contribution in [0.4, 0.5) is 0 Å². The Hall–Kier alpha value is -3.26. The summed E-state index contributed by atoms with van der Waals surface area (Å²) >= 11 is 0. The van der Waals surface area contributed by atoms with Gasteiger partial charge in [-0.3, -0.25) is 0 Å². The predicted octanol–water partition coefficient (Wildman–Crippen LogP) is 6.57. The van der Waals surface area contributed by atoms with Crippen molar-refractivity contribution in [1.29, 1.82) is 0 Å². The highest BCUT2D eigenvalue weighted by molar-refractivity contribution is 5.76. The lowest BCUT2D eigenvalue weighted by molar-refractivity contribution is 1.15. The van der Waals surface area contributed by atoms with Crippen molar-refractivity contribution < 1.29 is 0 Å². The summed E-state index contributed by atoms with van der Waals surface area (Å²) in [6.07, 6.45) is 7.78. The molecule has 134 valence electrons. The molecule has 0 saturated carbocycles. The molecule has 0 saturated heterocycles. The summed E-state index contributed by atoms with van der Waals surface area (Å²) in [5.74, 6) is 0.740. The molecule has 2 nitrogen and oxygen atoms in total. The molecule has 0 radical (unpaired) electrons. The van der Waals surface area contributed by atoms with E-state index in [4.69, 9.17) is 9.97 Å². The number of rotatable bonds is 5. The normalized spacial score (nSPS) is 11.7. The second-order valence-corrected chi connectivity index (χ2v) is 6.54. The fourth-order valence-electron chi connectivity index (χ4n) is 3.09. The van der Waals surface area contributed by atoms with Gasteiger partial charge in [0.2, 0.25) is 0 Å². The molecule has 27 heavy (non-hydrogen) atoms. The minimum atomic E-state index is 0.740. The summed E-state index contributed by atoms with van der Waals surface area (Å²) in [5, 5.41) is 0. The second kappa shape index (κ2) is 8.41. The maximum atomic E-state index is 4.87. The number of allylic oxidation sites excluding steroid dienone is 5. The topological polar surface area (TPSA) is 25.8 Å². The van der Waals surface area contributed by atoms with Crippen LogP contribution in [0.1, 0.15) is 23.7 Å². The lowest BCUT2D eigenvalue weighted by Gasteiger charge is -2.11. The molecular formula is C25H24N2. The summed E-state index contributed by atoms with van der Waals surface area (Å²) in [6, 6.07) is 18.7. The summed E-state index contributed by atoms with van der Waals surface area (Å²) in [5.41, 5.74) is 7.39. The van der Waals surface area contributed by atoms with Crippen LogP contribution in [0.3, 0.4) is 0 Å². The summed E-state index contributed by atoms with van der Waals surface area (Å²) in [7, 11) is 0. The number of aromatic nitrogens is 2. The largest absolute Gasteiger partial charge is 0.228 e. The smallest absolute Gasteiger partial charge is 0.160 e. The van der Waals surface area contributed by atoms with E-state index in [0.717, 1.165) is 33.9 Å². The number of hydrogen-bond acceptors (Lipinski definition) is 2. The Bertz CT molecular complexity index is 991. The van der Waals surface area contributed by atoms with Crippen LogP contribution in [0.2, 0.25) is 0 Å². The van der Waals surface area contributed by atoms with Gasteiger partial charge in [-0.25, -0.2) is 9.97 Å². The lowest BCUT2D eigenvalue weighted by Crippen LogP contribution is -1.98. The van der Waals surface area contributed by atoms with E-state index in [1.807, 2.05) is 43.3 Å². The van der Waals surface area contributed by atoms with Crippen molar-refractivity contribution in [2.75, 3.05) is 0 Å². The molecule has 0 amide bonds. The molecule has 3 rings (SSSR count). The standard InChI is InChI=1S/C25H24N2/c1-5-7-11-20(6-2)23-17-24(21-12-9-8-10-13-21)27-25(26-23)22-15-18(3)14-19(4)16-22/h5-17H,1H2,2-4H3/b11-7-,20-6+. The van der Waals surface area contributed by atoms with Crippen molar-refractivity contribution in [3.8, 4) is 22.6 Å². The molecule has 0 aliphatic heterocycles. The van der Waals surface area contributed by atoms with Gasteiger partial charge in [0.15, 0.2) is 5.82 Å². The molecular weight excluding hydrogens is 328 g/mol. The van der Waals surface area contributed by atoms with Crippen molar-refractivity contribution in [2.45, 2.75) is 20.8 Å². The van der Waals surface area contributed by atoms with Crippen LogP contribution in [-0.2, 0) is 0 Å². The fourth-order valence-corrected chi connectivity index (χ4v) is 3.09. The van der Waals surface area contributed by atoms with Crippen LogP contribution in [0.5, 0.6) is 0 Å². The fraction of sp³-hybridized carbons (Fsp3) is 0.120. The third-order valence-corrected chi connectivity index (χ3v) is 4.29. The van der Waals surface area contributed by atoms with E-state index in [0.29, 0.717) is 0 Å². The maximum Gasteiger partial charge on any atom is 0.160 e. The third-order valence-electron chi connectivity index (χ3n) is 4.29. The Morgan fingerprint density at radius 2 is 1.59 bits per heavy atom. The summed E-state index contributed by atoms with van der Waals surface area (Å²) in [4.78, 5) is 9.74. The summed E-state index contributed by atoms with van der Waals surface area (Å²) in [6.45, 7) is 9.98. The minimum absolute atomic E-state index is 0.740. The predicted molar refractivity (Wildman–Crippen MR) is 115 cm³/mol. The second-order valence-electron chi connectivity index (χ2n) is 6.54. The van der Waals surface area contributed by atoms with Crippen molar-refractivity contribution in [2.24, 2.45) is 0 Å². The molecule has 0 unspecified atom stereocenters.